The molecule has 2 aromatic rings. The number of hydrogen-bond donors (Lipinski definition) is 3. The Bertz CT molecular complexity index is 1030. The molecule has 3 rings (SSSR count). The van der Waals surface area contributed by atoms with Crippen molar-refractivity contribution in [3.8, 4) is 11.5 Å². The highest BCUT2D eigenvalue weighted by atomic mass is 32.1. The van der Waals surface area contributed by atoms with E-state index in [1.54, 1.807) is 56.7 Å². The first kappa shape index (κ1) is 24.3. The maximum Gasteiger partial charge on any atom is 0.253 e. The number of nitrogens with one attached hydrogen (secondary N) is 3. The molecule has 8 heteroatoms. The maximum atomic E-state index is 12.8. The summed E-state index contributed by atoms with van der Waals surface area (Å²) in [4.78, 5) is 25.1. The minimum absolute atomic E-state index is 0.106. The van der Waals surface area contributed by atoms with E-state index >= 15 is 0 Å². The van der Waals surface area contributed by atoms with Gasteiger partial charge in [0.2, 0.25) is 5.91 Å². The third-order valence-corrected chi connectivity index (χ3v) is 5.64. The molecule has 174 valence electrons. The van der Waals surface area contributed by atoms with E-state index in [-0.39, 0.29) is 17.1 Å². The minimum atomic E-state index is -0.397. The van der Waals surface area contributed by atoms with Gasteiger partial charge in [-0.1, -0.05) is 37.5 Å². The second-order valence-corrected chi connectivity index (χ2v) is 8.15. The molecule has 0 radical (unpaired) electrons. The van der Waals surface area contributed by atoms with Gasteiger partial charge in [-0.05, 0) is 61.0 Å². The molecule has 0 saturated heterocycles. The molecular formula is C25H29N3O4S. The quantitative estimate of drug-likeness (QED) is 0.416. The minimum Gasteiger partial charge on any atom is -0.493 e. The van der Waals surface area contributed by atoms with Crippen molar-refractivity contribution >= 4 is 40.9 Å². The first-order chi connectivity index (χ1) is 16.0. The Kier molecular flexibility index (Phi) is 8.83. The van der Waals surface area contributed by atoms with Crippen molar-refractivity contribution in [3.63, 3.8) is 0 Å². The van der Waals surface area contributed by atoms with Gasteiger partial charge in [0.1, 0.15) is 0 Å². The van der Waals surface area contributed by atoms with Gasteiger partial charge in [0.05, 0.1) is 25.5 Å². The standard InChI is InChI=1S/C25H29N3O4S/c1-31-21-14-12-17(16-22(21)32-2)13-15-23(29)28-25(33)27-20-11-7-6-10-19(20)24(30)26-18-8-4-3-5-9-18/h6-7,10-16,18H,3-5,8-9H2,1-2H3,(H,26,30)(H2,27,28,29,33)/b15-13-. The lowest BCUT2D eigenvalue weighted by Crippen LogP contribution is -2.37. The number of thiocarbonyl (C=S) groups is 1. The van der Waals surface area contributed by atoms with Gasteiger partial charge in [-0.3, -0.25) is 14.9 Å². The predicted octanol–water partition coefficient (Wildman–Crippen LogP) is 4.29. The van der Waals surface area contributed by atoms with Crippen molar-refractivity contribution in [2.24, 2.45) is 0 Å². The van der Waals surface area contributed by atoms with Gasteiger partial charge in [0.25, 0.3) is 5.91 Å². The molecule has 3 N–H and O–H groups in total. The van der Waals surface area contributed by atoms with Crippen LogP contribution < -0.4 is 25.4 Å². The molecule has 0 heterocycles. The summed E-state index contributed by atoms with van der Waals surface area (Å²) < 4.78 is 10.5. The van der Waals surface area contributed by atoms with Crippen LogP contribution in [0.25, 0.3) is 6.08 Å². The molecule has 1 aliphatic carbocycles. The molecular weight excluding hydrogens is 438 g/mol. The van der Waals surface area contributed by atoms with Gasteiger partial charge >= 0.3 is 0 Å². The highest BCUT2D eigenvalue weighted by Crippen LogP contribution is 2.28. The Labute approximate surface area is 199 Å². The number of carbonyl (C=O) groups is 2. The molecule has 0 unspecified atom stereocenters. The number of ether oxygens (including phenoxy) is 2. The second-order valence-electron chi connectivity index (χ2n) is 7.75. The van der Waals surface area contributed by atoms with E-state index < -0.39 is 5.91 Å². The van der Waals surface area contributed by atoms with Crippen molar-refractivity contribution in [1.82, 2.24) is 10.6 Å². The SMILES string of the molecule is COc1ccc(/C=C\C(=O)NC(=S)Nc2ccccc2C(=O)NC2CCCCC2)cc1OC. The summed E-state index contributed by atoms with van der Waals surface area (Å²) in [5.74, 6) is 0.634. The third-order valence-electron chi connectivity index (χ3n) is 5.43. The van der Waals surface area contributed by atoms with Gasteiger partial charge in [0, 0.05) is 12.1 Å². The van der Waals surface area contributed by atoms with E-state index in [0.717, 1.165) is 31.2 Å². The zero-order valence-electron chi connectivity index (χ0n) is 18.9. The molecule has 1 saturated carbocycles. The number of anilines is 1. The zero-order chi connectivity index (χ0) is 23.6. The fourth-order valence-electron chi connectivity index (χ4n) is 3.74. The predicted molar refractivity (Wildman–Crippen MR) is 134 cm³/mol. The molecule has 0 bridgehead atoms. The van der Waals surface area contributed by atoms with E-state index in [4.69, 9.17) is 21.7 Å². The van der Waals surface area contributed by atoms with E-state index in [9.17, 15) is 9.59 Å². The molecule has 0 aliphatic heterocycles. The van der Waals surface area contributed by atoms with Crippen LogP contribution >= 0.6 is 12.2 Å². The van der Waals surface area contributed by atoms with Crippen molar-refractivity contribution in [2.75, 3.05) is 19.5 Å². The molecule has 33 heavy (non-hydrogen) atoms. The van der Waals surface area contributed by atoms with Gasteiger partial charge in [-0.25, -0.2) is 0 Å². The average molecular weight is 468 g/mol. The van der Waals surface area contributed by atoms with Gasteiger partial charge in [0.15, 0.2) is 16.6 Å². The Morgan fingerprint density at radius 3 is 2.45 bits per heavy atom. The Morgan fingerprint density at radius 2 is 1.73 bits per heavy atom. The molecule has 7 nitrogen and oxygen atoms in total. The van der Waals surface area contributed by atoms with Crippen molar-refractivity contribution in [3.05, 3.63) is 59.7 Å². The van der Waals surface area contributed by atoms with Crippen LogP contribution in [-0.4, -0.2) is 37.2 Å². The normalized spacial score (nSPS) is 13.9. The van der Waals surface area contributed by atoms with Crippen LogP contribution in [0.3, 0.4) is 0 Å². The lowest BCUT2D eigenvalue weighted by Gasteiger charge is -2.23. The zero-order valence-corrected chi connectivity index (χ0v) is 19.7. The number of benzene rings is 2. The molecule has 2 aromatic carbocycles. The van der Waals surface area contributed by atoms with Crippen LogP contribution in [0.4, 0.5) is 5.69 Å². The molecule has 0 aromatic heterocycles. The van der Waals surface area contributed by atoms with Gasteiger partial charge < -0.3 is 20.1 Å². The topological polar surface area (TPSA) is 88.7 Å². The first-order valence-corrected chi connectivity index (χ1v) is 11.3. The monoisotopic (exact) mass is 467 g/mol. The van der Waals surface area contributed by atoms with E-state index in [2.05, 4.69) is 16.0 Å². The molecule has 0 atom stereocenters. The number of methoxy groups -OCH3 is 2. The lowest BCUT2D eigenvalue weighted by atomic mass is 9.95. The van der Waals surface area contributed by atoms with E-state index in [1.807, 2.05) is 6.07 Å². The smallest absolute Gasteiger partial charge is 0.253 e. The largest absolute Gasteiger partial charge is 0.493 e. The van der Waals surface area contributed by atoms with Crippen LogP contribution in [0.5, 0.6) is 11.5 Å². The Morgan fingerprint density at radius 1 is 1.00 bits per heavy atom. The summed E-state index contributed by atoms with van der Waals surface area (Å²) >= 11 is 5.28. The molecule has 2 amide bonds. The molecule has 1 fully saturated rings. The summed E-state index contributed by atoms with van der Waals surface area (Å²) in [7, 11) is 3.11. The summed E-state index contributed by atoms with van der Waals surface area (Å²) in [6.07, 6.45) is 8.52. The maximum absolute atomic E-state index is 12.8. The average Bonchev–Trinajstić information content (AvgIpc) is 2.83. The van der Waals surface area contributed by atoms with Crippen LogP contribution in [0.2, 0.25) is 0 Å². The van der Waals surface area contributed by atoms with Gasteiger partial charge in [-0.15, -0.1) is 0 Å². The number of amides is 2. The second kappa shape index (κ2) is 12.0. The number of carbonyl (C=O) groups excluding carboxylic acids is 2. The van der Waals surface area contributed by atoms with E-state index in [0.29, 0.717) is 22.7 Å². The Balaban J connectivity index is 1.58. The van der Waals surface area contributed by atoms with Crippen molar-refractivity contribution < 1.29 is 19.1 Å². The lowest BCUT2D eigenvalue weighted by molar-refractivity contribution is -0.115. The van der Waals surface area contributed by atoms with Crippen LogP contribution in [-0.2, 0) is 4.79 Å². The fraction of sp³-hybridized carbons (Fsp3) is 0.320. The number of para-hydroxylation sites is 1. The number of hydrogen-bond acceptors (Lipinski definition) is 5. The van der Waals surface area contributed by atoms with Crippen LogP contribution in [0, 0.1) is 0 Å². The molecule has 1 aliphatic rings. The van der Waals surface area contributed by atoms with Crippen LogP contribution in [0.1, 0.15) is 48.0 Å². The summed E-state index contributed by atoms with van der Waals surface area (Å²) in [5, 5.41) is 8.78. The number of rotatable bonds is 7. The van der Waals surface area contributed by atoms with Crippen molar-refractivity contribution in [1.29, 1.82) is 0 Å². The summed E-state index contributed by atoms with van der Waals surface area (Å²) in [6, 6.07) is 12.6. The highest BCUT2D eigenvalue weighted by Gasteiger charge is 2.19. The first-order valence-electron chi connectivity index (χ1n) is 10.9. The van der Waals surface area contributed by atoms with Crippen molar-refractivity contribution in [2.45, 2.75) is 38.1 Å². The summed E-state index contributed by atoms with van der Waals surface area (Å²) in [5.41, 5.74) is 1.80. The summed E-state index contributed by atoms with van der Waals surface area (Å²) in [6.45, 7) is 0. The fourth-order valence-corrected chi connectivity index (χ4v) is 3.95. The van der Waals surface area contributed by atoms with E-state index in [1.165, 1.54) is 12.5 Å². The highest BCUT2D eigenvalue weighted by molar-refractivity contribution is 7.80. The van der Waals surface area contributed by atoms with Gasteiger partial charge in [-0.2, -0.15) is 0 Å². The molecule has 0 spiro atoms. The third kappa shape index (κ3) is 7.05. The van der Waals surface area contributed by atoms with Crippen LogP contribution in [0.15, 0.2) is 48.5 Å². The Hall–Kier alpha value is -3.39.